The quantitative estimate of drug-likeness (QED) is 0.830. The van der Waals surface area contributed by atoms with Crippen LogP contribution in [0.25, 0.3) is 0 Å². The maximum atomic E-state index is 12.0. The van der Waals surface area contributed by atoms with E-state index in [1.165, 1.54) is 12.1 Å². The first-order valence-electron chi connectivity index (χ1n) is 6.24. The Balaban J connectivity index is 1.99. The lowest BCUT2D eigenvalue weighted by Crippen LogP contribution is -2.27. The van der Waals surface area contributed by atoms with Crippen LogP contribution in [-0.2, 0) is 16.6 Å². The first kappa shape index (κ1) is 14.7. The SMILES string of the molecule is CC(O)c1ccc(S(=O)(=O)NCCn2cccn2)cc1. The van der Waals surface area contributed by atoms with Crippen molar-refractivity contribution in [3.05, 3.63) is 48.3 Å². The highest BCUT2D eigenvalue weighted by Gasteiger charge is 2.13. The number of hydrogen-bond acceptors (Lipinski definition) is 4. The van der Waals surface area contributed by atoms with Gasteiger partial charge in [-0.25, -0.2) is 13.1 Å². The van der Waals surface area contributed by atoms with Gasteiger partial charge in [-0.15, -0.1) is 0 Å². The second-order valence-electron chi connectivity index (χ2n) is 4.41. The zero-order valence-corrected chi connectivity index (χ0v) is 11.9. The average molecular weight is 295 g/mol. The van der Waals surface area contributed by atoms with Crippen molar-refractivity contribution in [1.29, 1.82) is 0 Å². The number of sulfonamides is 1. The third-order valence-corrected chi connectivity index (χ3v) is 4.34. The van der Waals surface area contributed by atoms with E-state index in [1.807, 2.05) is 0 Å². The summed E-state index contributed by atoms with van der Waals surface area (Å²) in [6, 6.07) is 7.96. The normalized spacial score (nSPS) is 13.3. The summed E-state index contributed by atoms with van der Waals surface area (Å²) in [6.45, 7) is 2.37. The molecule has 0 aliphatic rings. The number of aliphatic hydroxyl groups excluding tert-OH is 1. The number of nitrogens with one attached hydrogen (secondary N) is 1. The van der Waals surface area contributed by atoms with Crippen LogP contribution in [0.5, 0.6) is 0 Å². The standard InChI is InChI=1S/C13H17N3O3S/c1-11(17)12-3-5-13(6-4-12)20(18,19)15-8-10-16-9-2-7-14-16/h2-7,9,11,15,17H,8,10H2,1H3. The lowest BCUT2D eigenvalue weighted by Gasteiger charge is -2.09. The molecule has 7 heteroatoms. The van der Waals surface area contributed by atoms with Crippen LogP contribution in [0.3, 0.4) is 0 Å². The Kier molecular flexibility index (Phi) is 4.53. The molecule has 20 heavy (non-hydrogen) atoms. The molecule has 2 rings (SSSR count). The molecule has 1 atom stereocenters. The summed E-state index contributed by atoms with van der Waals surface area (Å²) in [5.74, 6) is 0. The van der Waals surface area contributed by atoms with Crippen molar-refractivity contribution in [2.75, 3.05) is 6.54 Å². The van der Waals surface area contributed by atoms with Crippen molar-refractivity contribution < 1.29 is 13.5 Å². The van der Waals surface area contributed by atoms with Crippen LogP contribution in [0, 0.1) is 0 Å². The Labute approximate surface area is 118 Å². The number of aliphatic hydroxyl groups is 1. The van der Waals surface area contributed by atoms with E-state index >= 15 is 0 Å². The average Bonchev–Trinajstić information content (AvgIpc) is 2.92. The van der Waals surface area contributed by atoms with Gasteiger partial charge in [0.1, 0.15) is 0 Å². The van der Waals surface area contributed by atoms with Gasteiger partial charge in [-0.3, -0.25) is 4.68 Å². The molecule has 1 unspecified atom stereocenters. The monoisotopic (exact) mass is 295 g/mol. The summed E-state index contributed by atoms with van der Waals surface area (Å²) in [5.41, 5.74) is 0.681. The predicted octanol–water partition coefficient (Wildman–Crippen LogP) is 0.915. The van der Waals surface area contributed by atoms with Gasteiger partial charge in [0.15, 0.2) is 0 Å². The van der Waals surface area contributed by atoms with Gasteiger partial charge >= 0.3 is 0 Å². The molecule has 1 heterocycles. The summed E-state index contributed by atoms with van der Waals surface area (Å²) in [7, 11) is -3.53. The second-order valence-corrected chi connectivity index (χ2v) is 6.18. The minimum atomic E-state index is -3.53. The molecule has 0 bridgehead atoms. The smallest absolute Gasteiger partial charge is 0.240 e. The number of rotatable bonds is 6. The van der Waals surface area contributed by atoms with Crippen LogP contribution in [0.1, 0.15) is 18.6 Å². The van der Waals surface area contributed by atoms with Gasteiger partial charge in [0, 0.05) is 18.9 Å². The Morgan fingerprint density at radius 2 is 2.05 bits per heavy atom. The summed E-state index contributed by atoms with van der Waals surface area (Å²) in [4.78, 5) is 0.183. The largest absolute Gasteiger partial charge is 0.389 e. The first-order valence-corrected chi connectivity index (χ1v) is 7.72. The summed E-state index contributed by atoms with van der Waals surface area (Å²) in [6.07, 6.45) is 2.80. The Hall–Kier alpha value is -1.70. The fourth-order valence-electron chi connectivity index (χ4n) is 1.74. The first-order chi connectivity index (χ1) is 9.49. The van der Waals surface area contributed by atoms with Crippen molar-refractivity contribution in [2.24, 2.45) is 0 Å². The molecule has 0 saturated carbocycles. The Morgan fingerprint density at radius 1 is 1.35 bits per heavy atom. The summed E-state index contributed by atoms with van der Waals surface area (Å²) in [5, 5.41) is 13.4. The molecule has 108 valence electrons. The Bertz CT molecular complexity index is 634. The molecule has 0 aliphatic heterocycles. The van der Waals surface area contributed by atoms with E-state index in [1.54, 1.807) is 42.2 Å². The number of hydrogen-bond donors (Lipinski definition) is 2. The molecule has 1 aromatic heterocycles. The highest BCUT2D eigenvalue weighted by Crippen LogP contribution is 2.15. The molecule has 0 saturated heterocycles. The molecule has 1 aromatic carbocycles. The molecular weight excluding hydrogens is 278 g/mol. The topological polar surface area (TPSA) is 84.2 Å². The fourth-order valence-corrected chi connectivity index (χ4v) is 2.76. The molecule has 0 fully saturated rings. The lowest BCUT2D eigenvalue weighted by molar-refractivity contribution is 0.199. The van der Waals surface area contributed by atoms with Crippen LogP contribution >= 0.6 is 0 Å². The van der Waals surface area contributed by atoms with E-state index in [0.717, 1.165) is 0 Å². The third kappa shape index (κ3) is 3.66. The van der Waals surface area contributed by atoms with Gasteiger partial charge in [-0.05, 0) is 30.7 Å². The van der Waals surface area contributed by atoms with E-state index in [4.69, 9.17) is 0 Å². The van der Waals surface area contributed by atoms with Crippen molar-refractivity contribution in [3.8, 4) is 0 Å². The highest BCUT2D eigenvalue weighted by molar-refractivity contribution is 7.89. The molecule has 0 radical (unpaired) electrons. The molecule has 6 nitrogen and oxygen atoms in total. The van der Waals surface area contributed by atoms with Crippen molar-refractivity contribution in [3.63, 3.8) is 0 Å². The Morgan fingerprint density at radius 3 is 2.60 bits per heavy atom. The molecule has 0 aliphatic carbocycles. The maximum absolute atomic E-state index is 12.0. The van der Waals surface area contributed by atoms with Gasteiger partial charge in [0.25, 0.3) is 0 Å². The van der Waals surface area contributed by atoms with E-state index in [2.05, 4.69) is 9.82 Å². The fraction of sp³-hybridized carbons (Fsp3) is 0.308. The van der Waals surface area contributed by atoms with Crippen molar-refractivity contribution in [2.45, 2.75) is 24.5 Å². The van der Waals surface area contributed by atoms with Gasteiger partial charge in [0.05, 0.1) is 17.5 Å². The highest BCUT2D eigenvalue weighted by atomic mass is 32.2. The molecular formula is C13H17N3O3S. The van der Waals surface area contributed by atoms with Crippen molar-refractivity contribution >= 4 is 10.0 Å². The van der Waals surface area contributed by atoms with E-state index in [9.17, 15) is 13.5 Å². The summed E-state index contributed by atoms with van der Waals surface area (Å²) >= 11 is 0. The van der Waals surface area contributed by atoms with E-state index in [0.29, 0.717) is 12.1 Å². The molecule has 0 amide bonds. The number of nitrogens with zero attached hydrogens (tertiary/aromatic N) is 2. The number of aromatic nitrogens is 2. The van der Waals surface area contributed by atoms with Gasteiger partial charge in [0.2, 0.25) is 10.0 Å². The van der Waals surface area contributed by atoms with Gasteiger partial charge < -0.3 is 5.11 Å². The molecule has 2 N–H and O–H groups in total. The maximum Gasteiger partial charge on any atom is 0.240 e. The zero-order chi connectivity index (χ0) is 14.6. The summed E-state index contributed by atoms with van der Waals surface area (Å²) < 4.78 is 28.2. The zero-order valence-electron chi connectivity index (χ0n) is 11.1. The minimum absolute atomic E-state index is 0.183. The van der Waals surface area contributed by atoms with Gasteiger partial charge in [-0.1, -0.05) is 12.1 Å². The van der Waals surface area contributed by atoms with Crippen LogP contribution in [0.15, 0.2) is 47.6 Å². The van der Waals surface area contributed by atoms with Crippen LogP contribution in [0.4, 0.5) is 0 Å². The van der Waals surface area contributed by atoms with Gasteiger partial charge in [-0.2, -0.15) is 5.10 Å². The second kappa shape index (κ2) is 6.17. The molecule has 2 aromatic rings. The van der Waals surface area contributed by atoms with Crippen LogP contribution < -0.4 is 4.72 Å². The lowest BCUT2D eigenvalue weighted by atomic mass is 10.1. The van der Waals surface area contributed by atoms with E-state index in [-0.39, 0.29) is 11.4 Å². The minimum Gasteiger partial charge on any atom is -0.389 e. The molecule has 0 spiro atoms. The van der Waals surface area contributed by atoms with Crippen LogP contribution in [0.2, 0.25) is 0 Å². The van der Waals surface area contributed by atoms with E-state index < -0.39 is 16.1 Å². The van der Waals surface area contributed by atoms with Crippen molar-refractivity contribution in [1.82, 2.24) is 14.5 Å². The van der Waals surface area contributed by atoms with Crippen LogP contribution in [-0.4, -0.2) is 29.8 Å². The number of benzene rings is 1. The predicted molar refractivity (Wildman–Crippen MR) is 74.5 cm³/mol. The third-order valence-electron chi connectivity index (χ3n) is 2.86.